The first-order valence-corrected chi connectivity index (χ1v) is 9.71. The van der Waals surface area contributed by atoms with Crippen LogP contribution in [0.3, 0.4) is 0 Å². The molecule has 0 amide bonds. The standard InChI is InChI=1S/C20H25N3OS/c1-15(2)7-4-8-16(3)23-18(19-10-6-12-24-19)14-25-20(23)22-17-9-5-11-21-13-17/h5-6,9-16H,4,7-8H2,1-3H3. The molecule has 3 aromatic heterocycles. The van der Waals surface area contributed by atoms with Crippen LogP contribution in [0.1, 0.15) is 46.1 Å². The van der Waals surface area contributed by atoms with Gasteiger partial charge in [-0.25, -0.2) is 4.99 Å². The third-order valence-corrected chi connectivity index (χ3v) is 5.07. The number of aromatic nitrogens is 2. The summed E-state index contributed by atoms with van der Waals surface area (Å²) in [4.78, 5) is 9.96. The first kappa shape index (κ1) is 17.7. The van der Waals surface area contributed by atoms with Crippen LogP contribution in [0.4, 0.5) is 5.69 Å². The summed E-state index contributed by atoms with van der Waals surface area (Å²) in [5, 5.41) is 2.13. The van der Waals surface area contributed by atoms with Crippen molar-refractivity contribution in [3.63, 3.8) is 0 Å². The number of hydrogen-bond donors (Lipinski definition) is 0. The Labute approximate surface area is 152 Å². The molecule has 0 N–H and O–H groups in total. The van der Waals surface area contributed by atoms with Gasteiger partial charge in [0, 0.05) is 17.6 Å². The predicted molar refractivity (Wildman–Crippen MR) is 103 cm³/mol. The van der Waals surface area contributed by atoms with Crippen LogP contribution in [-0.4, -0.2) is 9.55 Å². The summed E-state index contributed by atoms with van der Waals surface area (Å²) in [6.45, 7) is 6.82. The highest BCUT2D eigenvalue weighted by Gasteiger charge is 2.16. The summed E-state index contributed by atoms with van der Waals surface area (Å²) in [6, 6.07) is 8.19. The van der Waals surface area contributed by atoms with Gasteiger partial charge in [0.15, 0.2) is 10.6 Å². The molecule has 3 aromatic rings. The average molecular weight is 356 g/mol. The van der Waals surface area contributed by atoms with E-state index in [0.29, 0.717) is 6.04 Å². The van der Waals surface area contributed by atoms with Crippen molar-refractivity contribution >= 4 is 17.0 Å². The Kier molecular flexibility index (Phi) is 5.87. The molecule has 3 rings (SSSR count). The van der Waals surface area contributed by atoms with Crippen LogP contribution in [-0.2, 0) is 0 Å². The van der Waals surface area contributed by atoms with E-state index in [9.17, 15) is 0 Å². The minimum atomic E-state index is 0.362. The molecule has 0 saturated heterocycles. The molecule has 3 heterocycles. The molecule has 0 aliphatic heterocycles. The van der Waals surface area contributed by atoms with Crippen LogP contribution in [0, 0.1) is 5.92 Å². The Morgan fingerprint density at radius 2 is 2.08 bits per heavy atom. The maximum atomic E-state index is 5.65. The van der Waals surface area contributed by atoms with Crippen LogP contribution in [0.5, 0.6) is 0 Å². The van der Waals surface area contributed by atoms with Crippen molar-refractivity contribution in [1.29, 1.82) is 0 Å². The molecular formula is C20H25N3OS. The van der Waals surface area contributed by atoms with Gasteiger partial charge in [-0.3, -0.25) is 4.98 Å². The highest BCUT2D eigenvalue weighted by atomic mass is 32.1. The van der Waals surface area contributed by atoms with Gasteiger partial charge < -0.3 is 8.98 Å². The number of pyridine rings is 1. The molecule has 0 aromatic carbocycles. The SMILES string of the molecule is CC(C)CCCC(C)n1c(-c2ccco2)csc1=Nc1cccnc1. The van der Waals surface area contributed by atoms with E-state index in [1.807, 2.05) is 24.3 Å². The van der Waals surface area contributed by atoms with Crippen molar-refractivity contribution in [2.24, 2.45) is 10.9 Å². The van der Waals surface area contributed by atoms with Crippen molar-refractivity contribution in [1.82, 2.24) is 9.55 Å². The van der Waals surface area contributed by atoms with E-state index in [0.717, 1.165) is 34.3 Å². The van der Waals surface area contributed by atoms with Crippen LogP contribution in [0.2, 0.25) is 0 Å². The number of thiazole rings is 1. The largest absolute Gasteiger partial charge is 0.463 e. The molecule has 4 nitrogen and oxygen atoms in total. The Morgan fingerprint density at radius 3 is 2.76 bits per heavy atom. The zero-order valence-electron chi connectivity index (χ0n) is 15.1. The highest BCUT2D eigenvalue weighted by molar-refractivity contribution is 7.07. The minimum Gasteiger partial charge on any atom is -0.463 e. The lowest BCUT2D eigenvalue weighted by atomic mass is 10.0. The number of hydrogen-bond acceptors (Lipinski definition) is 4. The van der Waals surface area contributed by atoms with Crippen molar-refractivity contribution in [3.8, 4) is 11.5 Å². The Hall–Kier alpha value is -2.14. The monoisotopic (exact) mass is 355 g/mol. The lowest BCUT2D eigenvalue weighted by Crippen LogP contribution is -2.20. The van der Waals surface area contributed by atoms with Gasteiger partial charge in [-0.05, 0) is 43.5 Å². The summed E-state index contributed by atoms with van der Waals surface area (Å²) in [7, 11) is 0. The van der Waals surface area contributed by atoms with Crippen LogP contribution in [0.25, 0.3) is 11.5 Å². The number of rotatable bonds is 7. The Balaban J connectivity index is 1.97. The second-order valence-electron chi connectivity index (χ2n) is 6.75. The zero-order chi connectivity index (χ0) is 17.6. The fraction of sp³-hybridized carbons (Fsp3) is 0.400. The first-order chi connectivity index (χ1) is 12.1. The van der Waals surface area contributed by atoms with Gasteiger partial charge in [-0.15, -0.1) is 11.3 Å². The van der Waals surface area contributed by atoms with Crippen LogP contribution < -0.4 is 4.80 Å². The smallest absolute Gasteiger partial charge is 0.190 e. The van der Waals surface area contributed by atoms with Gasteiger partial charge in [0.05, 0.1) is 23.8 Å². The minimum absolute atomic E-state index is 0.362. The molecule has 132 valence electrons. The molecule has 0 aliphatic rings. The van der Waals surface area contributed by atoms with Crippen LogP contribution >= 0.6 is 11.3 Å². The predicted octanol–water partition coefficient (Wildman–Crippen LogP) is 5.82. The fourth-order valence-electron chi connectivity index (χ4n) is 2.91. The van der Waals surface area contributed by atoms with E-state index >= 15 is 0 Å². The zero-order valence-corrected chi connectivity index (χ0v) is 15.9. The molecular weight excluding hydrogens is 330 g/mol. The summed E-state index contributed by atoms with van der Waals surface area (Å²) < 4.78 is 7.95. The molecule has 5 heteroatoms. The van der Waals surface area contributed by atoms with Gasteiger partial charge in [0.2, 0.25) is 0 Å². The average Bonchev–Trinajstić information content (AvgIpc) is 3.24. The lowest BCUT2D eigenvalue weighted by molar-refractivity contribution is 0.440. The van der Waals surface area contributed by atoms with Gasteiger partial charge in [0.1, 0.15) is 0 Å². The lowest BCUT2D eigenvalue weighted by Gasteiger charge is -2.17. The number of nitrogens with zero attached hydrogens (tertiary/aromatic N) is 3. The normalized spacial score (nSPS) is 13.5. The molecule has 0 fully saturated rings. The maximum absolute atomic E-state index is 5.65. The van der Waals surface area contributed by atoms with Crippen molar-refractivity contribution < 1.29 is 4.42 Å². The second kappa shape index (κ2) is 8.30. The molecule has 0 aliphatic carbocycles. The molecule has 0 saturated carbocycles. The van der Waals surface area contributed by atoms with Crippen molar-refractivity contribution in [2.75, 3.05) is 0 Å². The van der Waals surface area contributed by atoms with Crippen molar-refractivity contribution in [3.05, 3.63) is 53.1 Å². The summed E-state index contributed by atoms with van der Waals surface area (Å²) in [5.74, 6) is 1.63. The van der Waals surface area contributed by atoms with Gasteiger partial charge >= 0.3 is 0 Å². The molecule has 0 spiro atoms. The van der Waals surface area contributed by atoms with E-state index in [2.05, 4.69) is 35.7 Å². The maximum Gasteiger partial charge on any atom is 0.190 e. The van der Waals surface area contributed by atoms with E-state index in [1.165, 1.54) is 12.8 Å². The van der Waals surface area contributed by atoms with E-state index in [4.69, 9.17) is 9.41 Å². The molecule has 0 radical (unpaired) electrons. The van der Waals surface area contributed by atoms with Gasteiger partial charge in [-0.1, -0.05) is 26.7 Å². The third-order valence-electron chi connectivity index (χ3n) is 4.23. The van der Waals surface area contributed by atoms with Gasteiger partial charge in [0.25, 0.3) is 0 Å². The summed E-state index contributed by atoms with van der Waals surface area (Å²) in [5.41, 5.74) is 1.97. The van der Waals surface area contributed by atoms with Gasteiger partial charge in [-0.2, -0.15) is 0 Å². The molecule has 0 bridgehead atoms. The fourth-order valence-corrected chi connectivity index (χ4v) is 3.91. The summed E-state index contributed by atoms with van der Waals surface area (Å²) in [6.07, 6.45) is 8.87. The first-order valence-electron chi connectivity index (χ1n) is 8.84. The van der Waals surface area contributed by atoms with E-state index < -0.39 is 0 Å². The number of furan rings is 1. The Morgan fingerprint density at radius 1 is 1.20 bits per heavy atom. The second-order valence-corrected chi connectivity index (χ2v) is 7.58. The molecule has 25 heavy (non-hydrogen) atoms. The van der Waals surface area contributed by atoms with E-state index in [-0.39, 0.29) is 0 Å². The topological polar surface area (TPSA) is 43.3 Å². The van der Waals surface area contributed by atoms with Crippen molar-refractivity contribution in [2.45, 2.75) is 46.1 Å². The third kappa shape index (κ3) is 4.48. The molecule has 1 atom stereocenters. The molecule has 1 unspecified atom stereocenters. The van der Waals surface area contributed by atoms with Crippen LogP contribution in [0.15, 0.2) is 57.7 Å². The quantitative estimate of drug-likeness (QED) is 0.535. The summed E-state index contributed by atoms with van der Waals surface area (Å²) >= 11 is 1.65. The van der Waals surface area contributed by atoms with E-state index in [1.54, 1.807) is 30.0 Å². The Bertz CT molecular complexity index is 831. The highest BCUT2D eigenvalue weighted by Crippen LogP contribution is 2.26.